The van der Waals surface area contributed by atoms with Crippen molar-refractivity contribution in [2.75, 3.05) is 7.11 Å². The molecule has 1 rings (SSSR count). The Hall–Kier alpha value is -2.63. The highest BCUT2D eigenvalue weighted by atomic mass is 16.6. The number of para-hydroxylation sites is 1. The van der Waals surface area contributed by atoms with Crippen LogP contribution >= 0.6 is 0 Å². The fourth-order valence-corrected chi connectivity index (χ4v) is 1.69. The van der Waals surface area contributed by atoms with Crippen molar-refractivity contribution in [3.05, 3.63) is 58.4 Å². The number of nitrogens with zero attached hydrogens (tertiary/aromatic N) is 1. The number of benzene rings is 1. The van der Waals surface area contributed by atoms with Crippen LogP contribution in [0.5, 0.6) is 0 Å². The first-order chi connectivity index (χ1) is 9.52. The lowest BCUT2D eigenvalue weighted by Crippen LogP contribution is -2.09. The molecule has 1 aromatic carbocycles. The first-order valence-electron chi connectivity index (χ1n) is 5.88. The number of nitro groups is 1. The van der Waals surface area contributed by atoms with Gasteiger partial charge in [-0.2, -0.15) is 0 Å². The van der Waals surface area contributed by atoms with Gasteiger partial charge in [0.25, 0.3) is 5.69 Å². The molecule has 0 spiro atoms. The largest absolute Gasteiger partial charge is 0.511 e. The summed E-state index contributed by atoms with van der Waals surface area (Å²) < 4.78 is 4.60. The van der Waals surface area contributed by atoms with Gasteiger partial charge >= 0.3 is 5.97 Å². The first-order valence-corrected chi connectivity index (χ1v) is 5.88. The number of rotatable bonds is 6. The van der Waals surface area contributed by atoms with Crippen LogP contribution in [0.3, 0.4) is 0 Å². The molecule has 1 N–H and O–H groups in total. The summed E-state index contributed by atoms with van der Waals surface area (Å²) in [7, 11) is 1.15. The van der Waals surface area contributed by atoms with Gasteiger partial charge in [0.05, 0.1) is 17.6 Å². The normalized spacial score (nSPS) is 11.4. The first kappa shape index (κ1) is 15.4. The molecular weight excluding hydrogens is 262 g/mol. The fraction of sp³-hybridized carbons (Fsp3) is 0.214. The molecule has 20 heavy (non-hydrogen) atoms. The van der Waals surface area contributed by atoms with E-state index in [-0.39, 0.29) is 29.0 Å². The van der Waals surface area contributed by atoms with Crippen molar-refractivity contribution < 1.29 is 19.6 Å². The van der Waals surface area contributed by atoms with Gasteiger partial charge in [0.15, 0.2) is 0 Å². The van der Waals surface area contributed by atoms with Gasteiger partial charge in [-0.25, -0.2) is 4.79 Å². The monoisotopic (exact) mass is 277 g/mol. The van der Waals surface area contributed by atoms with E-state index in [1.54, 1.807) is 12.1 Å². The van der Waals surface area contributed by atoms with E-state index in [1.165, 1.54) is 18.2 Å². The number of carbonyl (C=O) groups is 1. The second-order valence-corrected chi connectivity index (χ2v) is 3.91. The molecule has 0 unspecified atom stereocenters. The highest BCUT2D eigenvalue weighted by Gasteiger charge is 2.25. The van der Waals surface area contributed by atoms with E-state index in [1.807, 2.05) is 0 Å². The summed E-state index contributed by atoms with van der Waals surface area (Å²) in [5.74, 6) is -1.08. The van der Waals surface area contributed by atoms with Crippen LogP contribution in [0.25, 0.3) is 5.57 Å². The molecule has 0 fully saturated rings. The van der Waals surface area contributed by atoms with Crippen molar-refractivity contribution in [3.63, 3.8) is 0 Å². The predicted molar refractivity (Wildman–Crippen MR) is 74.1 cm³/mol. The average molecular weight is 277 g/mol. The van der Waals surface area contributed by atoms with E-state index in [0.717, 1.165) is 7.11 Å². The number of esters is 1. The second kappa shape index (κ2) is 7.08. The summed E-state index contributed by atoms with van der Waals surface area (Å²) >= 11 is 0. The third-order valence-electron chi connectivity index (χ3n) is 2.63. The zero-order valence-electron chi connectivity index (χ0n) is 11.0. The van der Waals surface area contributed by atoms with Crippen LogP contribution in [0, 0.1) is 10.1 Å². The Labute approximate surface area is 116 Å². The van der Waals surface area contributed by atoms with E-state index in [0.29, 0.717) is 6.42 Å². The summed E-state index contributed by atoms with van der Waals surface area (Å²) in [5.41, 5.74) is -0.425. The predicted octanol–water partition coefficient (Wildman–Crippen LogP) is 3.00. The number of aliphatic hydroxyl groups excluding tert-OH is 1. The van der Waals surface area contributed by atoms with E-state index >= 15 is 0 Å². The minimum absolute atomic E-state index is 0.0333. The maximum atomic E-state index is 11.8. The van der Waals surface area contributed by atoms with Gasteiger partial charge in [0.2, 0.25) is 0 Å². The van der Waals surface area contributed by atoms with Crippen LogP contribution in [0.1, 0.15) is 18.4 Å². The van der Waals surface area contributed by atoms with Crippen LogP contribution in [-0.4, -0.2) is 23.1 Å². The average Bonchev–Trinajstić information content (AvgIpc) is 2.45. The number of ether oxygens (including phenoxy) is 1. The van der Waals surface area contributed by atoms with Crippen LogP contribution in [0.15, 0.2) is 42.7 Å². The quantitative estimate of drug-likeness (QED) is 0.215. The Kier molecular flexibility index (Phi) is 5.46. The maximum Gasteiger partial charge on any atom is 0.342 e. The summed E-state index contributed by atoms with van der Waals surface area (Å²) in [6.45, 7) is 3.52. The minimum Gasteiger partial charge on any atom is -0.511 e. The number of methoxy groups -OCH3 is 1. The molecule has 0 aliphatic carbocycles. The SMILES string of the molecule is C=CCC/C(O)=C(\C(=O)OC)c1ccccc1[N+](=O)[O-]. The minimum atomic E-state index is -0.819. The molecule has 0 atom stereocenters. The lowest BCUT2D eigenvalue weighted by molar-refractivity contribution is -0.385. The molecule has 0 aliphatic heterocycles. The van der Waals surface area contributed by atoms with Crippen molar-refractivity contribution in [2.45, 2.75) is 12.8 Å². The third-order valence-corrected chi connectivity index (χ3v) is 2.63. The van der Waals surface area contributed by atoms with Gasteiger partial charge in [0, 0.05) is 12.5 Å². The zero-order valence-corrected chi connectivity index (χ0v) is 11.0. The Bertz CT molecular complexity index is 562. The summed E-state index contributed by atoms with van der Waals surface area (Å²) in [6, 6.07) is 5.69. The maximum absolute atomic E-state index is 11.8. The molecule has 0 radical (unpaired) electrons. The standard InChI is InChI=1S/C14H15NO5/c1-3-4-9-12(16)13(14(17)20-2)10-7-5-6-8-11(10)15(18)19/h3,5-8,16H,1,4,9H2,2H3/b13-12+. The molecule has 0 bridgehead atoms. The number of aliphatic hydroxyl groups is 1. The second-order valence-electron chi connectivity index (χ2n) is 3.91. The number of carbonyl (C=O) groups excluding carboxylic acids is 1. The van der Waals surface area contributed by atoms with Crippen molar-refractivity contribution in [3.8, 4) is 0 Å². The molecule has 0 saturated carbocycles. The molecule has 6 nitrogen and oxygen atoms in total. The molecule has 1 aromatic rings. The molecule has 0 heterocycles. The fourth-order valence-electron chi connectivity index (χ4n) is 1.69. The van der Waals surface area contributed by atoms with E-state index in [2.05, 4.69) is 11.3 Å². The molecule has 0 saturated heterocycles. The Balaban J connectivity index is 3.42. The highest BCUT2D eigenvalue weighted by Crippen LogP contribution is 2.29. The van der Waals surface area contributed by atoms with Crippen LogP contribution in [0.2, 0.25) is 0 Å². The van der Waals surface area contributed by atoms with Crippen molar-refractivity contribution >= 4 is 17.2 Å². The van der Waals surface area contributed by atoms with Crippen molar-refractivity contribution in [1.29, 1.82) is 0 Å². The van der Waals surface area contributed by atoms with Crippen LogP contribution in [-0.2, 0) is 9.53 Å². The molecule has 6 heteroatoms. The number of hydrogen-bond donors (Lipinski definition) is 1. The molecule has 0 amide bonds. The Morgan fingerprint density at radius 3 is 2.70 bits per heavy atom. The lowest BCUT2D eigenvalue weighted by Gasteiger charge is -2.09. The lowest BCUT2D eigenvalue weighted by atomic mass is 10.0. The number of hydrogen-bond acceptors (Lipinski definition) is 5. The van der Waals surface area contributed by atoms with E-state index in [9.17, 15) is 20.0 Å². The van der Waals surface area contributed by atoms with Gasteiger partial charge in [-0.15, -0.1) is 6.58 Å². The Morgan fingerprint density at radius 1 is 1.50 bits per heavy atom. The topological polar surface area (TPSA) is 89.7 Å². The molecule has 0 aliphatic rings. The zero-order chi connectivity index (χ0) is 15.1. The molecular formula is C14H15NO5. The van der Waals surface area contributed by atoms with Gasteiger partial charge in [-0.3, -0.25) is 10.1 Å². The molecule has 106 valence electrons. The van der Waals surface area contributed by atoms with Gasteiger partial charge < -0.3 is 9.84 Å². The van der Waals surface area contributed by atoms with Gasteiger partial charge in [0.1, 0.15) is 11.3 Å². The van der Waals surface area contributed by atoms with E-state index in [4.69, 9.17) is 0 Å². The summed E-state index contributed by atoms with van der Waals surface area (Å²) in [6.07, 6.45) is 2.16. The van der Waals surface area contributed by atoms with Crippen LogP contribution in [0.4, 0.5) is 5.69 Å². The third kappa shape index (κ3) is 3.44. The van der Waals surface area contributed by atoms with Crippen molar-refractivity contribution in [2.24, 2.45) is 0 Å². The molecule has 0 aromatic heterocycles. The van der Waals surface area contributed by atoms with E-state index < -0.39 is 10.9 Å². The summed E-state index contributed by atoms with van der Waals surface area (Å²) in [5, 5.41) is 21.0. The Morgan fingerprint density at radius 2 is 2.15 bits per heavy atom. The number of nitro benzene ring substituents is 1. The van der Waals surface area contributed by atoms with Crippen molar-refractivity contribution in [1.82, 2.24) is 0 Å². The smallest absolute Gasteiger partial charge is 0.342 e. The van der Waals surface area contributed by atoms with Gasteiger partial charge in [-0.05, 0) is 12.5 Å². The van der Waals surface area contributed by atoms with Gasteiger partial charge in [-0.1, -0.05) is 18.2 Å². The highest BCUT2D eigenvalue weighted by molar-refractivity contribution is 6.18. The van der Waals surface area contributed by atoms with Crippen LogP contribution < -0.4 is 0 Å². The summed E-state index contributed by atoms with van der Waals surface area (Å²) in [4.78, 5) is 22.2. The number of allylic oxidation sites excluding steroid dienone is 2.